The molecule has 1 aromatic heterocycles. The largest absolute Gasteiger partial charge is 0.378 e. The molecular weight excluding hydrogens is 262 g/mol. The van der Waals surface area contributed by atoms with Gasteiger partial charge in [-0.3, -0.25) is 4.68 Å². The summed E-state index contributed by atoms with van der Waals surface area (Å²) in [4.78, 5) is 0. The average Bonchev–Trinajstić information content (AvgIpc) is 3.03. The van der Waals surface area contributed by atoms with Gasteiger partial charge in [-0.15, -0.1) is 0 Å². The number of ether oxygens (including phenoxy) is 1. The maximum atomic E-state index is 6.37. The highest BCUT2D eigenvalue weighted by atomic mass is 35.5. The number of aromatic nitrogens is 2. The summed E-state index contributed by atoms with van der Waals surface area (Å²) in [5.41, 5.74) is 2.10. The van der Waals surface area contributed by atoms with Gasteiger partial charge in [0.1, 0.15) is 0 Å². The molecule has 0 radical (unpaired) electrons. The number of halogens is 1. The normalized spacial score (nSPS) is 19.2. The smallest absolute Gasteiger partial charge is 0.0863 e. The number of nitrogens with one attached hydrogen (secondary N) is 1. The predicted molar refractivity (Wildman–Crippen MR) is 77.6 cm³/mol. The van der Waals surface area contributed by atoms with E-state index in [1.54, 1.807) is 0 Å². The van der Waals surface area contributed by atoms with E-state index in [-0.39, 0.29) is 0 Å². The van der Waals surface area contributed by atoms with E-state index in [0.717, 1.165) is 55.5 Å². The molecule has 1 unspecified atom stereocenters. The Morgan fingerprint density at radius 2 is 2.32 bits per heavy atom. The van der Waals surface area contributed by atoms with E-state index in [0.29, 0.717) is 6.10 Å². The predicted octanol–water partition coefficient (Wildman–Crippen LogP) is 2.78. The minimum atomic E-state index is 0.449. The molecule has 19 heavy (non-hydrogen) atoms. The number of aryl methyl sites for hydroxylation is 2. The molecule has 1 aliphatic rings. The third-order valence-corrected chi connectivity index (χ3v) is 4.09. The fraction of sp³-hybridized carbons (Fsp3) is 0.786. The van der Waals surface area contributed by atoms with E-state index in [9.17, 15) is 0 Å². The van der Waals surface area contributed by atoms with Gasteiger partial charge < -0.3 is 10.1 Å². The van der Waals surface area contributed by atoms with Crippen LogP contribution in [0, 0.1) is 0 Å². The molecule has 2 heterocycles. The Hall–Kier alpha value is -0.580. The maximum Gasteiger partial charge on any atom is 0.0863 e. The maximum absolute atomic E-state index is 6.37. The zero-order chi connectivity index (χ0) is 13.7. The lowest BCUT2D eigenvalue weighted by Gasteiger charge is -2.11. The summed E-state index contributed by atoms with van der Waals surface area (Å²) in [7, 11) is 0. The van der Waals surface area contributed by atoms with Gasteiger partial charge in [0.25, 0.3) is 0 Å². The quantitative estimate of drug-likeness (QED) is 0.783. The molecule has 5 heteroatoms. The third-order valence-electron chi connectivity index (χ3n) is 3.65. The van der Waals surface area contributed by atoms with Crippen molar-refractivity contribution in [3.63, 3.8) is 0 Å². The topological polar surface area (TPSA) is 39.1 Å². The van der Waals surface area contributed by atoms with Crippen LogP contribution in [0.5, 0.6) is 0 Å². The zero-order valence-corrected chi connectivity index (χ0v) is 12.7. The van der Waals surface area contributed by atoms with Crippen LogP contribution >= 0.6 is 11.6 Å². The molecule has 1 fully saturated rings. The molecule has 1 aliphatic heterocycles. The van der Waals surface area contributed by atoms with Crippen LogP contribution in [0.3, 0.4) is 0 Å². The number of nitrogens with zero attached hydrogens (tertiary/aromatic N) is 2. The Labute approximate surface area is 120 Å². The van der Waals surface area contributed by atoms with E-state index < -0.39 is 0 Å². The van der Waals surface area contributed by atoms with Crippen LogP contribution in [0.25, 0.3) is 0 Å². The highest BCUT2D eigenvalue weighted by molar-refractivity contribution is 6.31. The Morgan fingerprint density at radius 3 is 2.95 bits per heavy atom. The van der Waals surface area contributed by atoms with Crippen LogP contribution in [-0.4, -0.2) is 29.0 Å². The van der Waals surface area contributed by atoms with Gasteiger partial charge in [0.2, 0.25) is 0 Å². The summed E-state index contributed by atoms with van der Waals surface area (Å²) >= 11 is 6.37. The van der Waals surface area contributed by atoms with Crippen LogP contribution in [-0.2, 0) is 24.2 Å². The first-order chi connectivity index (χ1) is 9.26. The third kappa shape index (κ3) is 3.71. The van der Waals surface area contributed by atoms with Crippen molar-refractivity contribution in [3.05, 3.63) is 16.4 Å². The summed E-state index contributed by atoms with van der Waals surface area (Å²) in [5.74, 6) is 0. The summed E-state index contributed by atoms with van der Waals surface area (Å²) in [5, 5.41) is 8.81. The molecule has 0 bridgehead atoms. The van der Waals surface area contributed by atoms with E-state index >= 15 is 0 Å². The van der Waals surface area contributed by atoms with Gasteiger partial charge in [-0.2, -0.15) is 5.10 Å². The van der Waals surface area contributed by atoms with Crippen LogP contribution in [0.1, 0.15) is 44.5 Å². The van der Waals surface area contributed by atoms with Crippen molar-refractivity contribution >= 4 is 11.6 Å². The van der Waals surface area contributed by atoms with E-state index in [2.05, 4.69) is 24.3 Å². The number of hydrogen-bond acceptors (Lipinski definition) is 3. The second-order valence-corrected chi connectivity index (χ2v) is 5.36. The number of rotatable bonds is 7. The van der Waals surface area contributed by atoms with Gasteiger partial charge in [0.15, 0.2) is 0 Å². The SMILES string of the molecule is CCc1nn(CC)c(CNCCC2CCCO2)c1Cl. The lowest BCUT2D eigenvalue weighted by Crippen LogP contribution is -2.21. The lowest BCUT2D eigenvalue weighted by atomic mass is 10.2. The van der Waals surface area contributed by atoms with Crippen molar-refractivity contribution in [2.24, 2.45) is 0 Å². The summed E-state index contributed by atoms with van der Waals surface area (Å²) in [6, 6.07) is 0. The monoisotopic (exact) mass is 285 g/mol. The van der Waals surface area contributed by atoms with Crippen LogP contribution in [0.15, 0.2) is 0 Å². The van der Waals surface area contributed by atoms with Gasteiger partial charge >= 0.3 is 0 Å². The molecule has 0 saturated carbocycles. The Morgan fingerprint density at radius 1 is 1.47 bits per heavy atom. The molecule has 0 aliphatic carbocycles. The highest BCUT2D eigenvalue weighted by Crippen LogP contribution is 2.21. The molecule has 1 saturated heterocycles. The minimum Gasteiger partial charge on any atom is -0.378 e. The van der Waals surface area contributed by atoms with E-state index in [1.165, 1.54) is 12.8 Å². The molecule has 0 amide bonds. The summed E-state index contributed by atoms with van der Waals surface area (Å²) in [6.07, 6.45) is 4.83. The molecule has 4 nitrogen and oxygen atoms in total. The first-order valence-corrected chi connectivity index (χ1v) is 7.70. The molecule has 0 spiro atoms. The fourth-order valence-electron chi connectivity index (χ4n) is 2.53. The molecule has 1 atom stereocenters. The first-order valence-electron chi connectivity index (χ1n) is 7.32. The molecule has 2 rings (SSSR count). The van der Waals surface area contributed by atoms with Crippen molar-refractivity contribution in [1.29, 1.82) is 0 Å². The highest BCUT2D eigenvalue weighted by Gasteiger charge is 2.16. The molecule has 1 aromatic rings. The van der Waals surface area contributed by atoms with Crippen molar-refractivity contribution < 1.29 is 4.74 Å². The van der Waals surface area contributed by atoms with E-state index in [1.807, 2.05) is 4.68 Å². The molecular formula is C14H24ClN3O. The number of hydrogen-bond donors (Lipinski definition) is 1. The average molecular weight is 286 g/mol. The van der Waals surface area contributed by atoms with Gasteiger partial charge in [-0.1, -0.05) is 18.5 Å². The van der Waals surface area contributed by atoms with Gasteiger partial charge in [-0.05, 0) is 39.2 Å². The zero-order valence-electron chi connectivity index (χ0n) is 11.9. The van der Waals surface area contributed by atoms with E-state index in [4.69, 9.17) is 16.3 Å². The second kappa shape index (κ2) is 7.27. The van der Waals surface area contributed by atoms with Crippen molar-refractivity contribution in [1.82, 2.24) is 15.1 Å². The van der Waals surface area contributed by atoms with Gasteiger partial charge in [-0.25, -0.2) is 0 Å². The molecule has 0 aromatic carbocycles. The fourth-order valence-corrected chi connectivity index (χ4v) is 2.86. The lowest BCUT2D eigenvalue weighted by molar-refractivity contribution is 0.104. The van der Waals surface area contributed by atoms with Crippen molar-refractivity contribution in [3.8, 4) is 0 Å². The molecule has 108 valence electrons. The Bertz CT molecular complexity index is 400. The Kier molecular flexibility index (Phi) is 5.67. The van der Waals surface area contributed by atoms with Crippen LogP contribution in [0.4, 0.5) is 0 Å². The van der Waals surface area contributed by atoms with Crippen molar-refractivity contribution in [2.75, 3.05) is 13.2 Å². The summed E-state index contributed by atoms with van der Waals surface area (Å²) < 4.78 is 7.61. The Balaban J connectivity index is 1.82. The second-order valence-electron chi connectivity index (χ2n) is 4.98. The molecule has 1 N–H and O–H groups in total. The van der Waals surface area contributed by atoms with Crippen LogP contribution in [0.2, 0.25) is 5.02 Å². The first kappa shape index (κ1) is 14.8. The standard InChI is InChI=1S/C14H24ClN3O/c1-3-12-14(15)13(18(4-2)17-12)10-16-8-7-11-6-5-9-19-11/h11,16H,3-10H2,1-2H3. The summed E-state index contributed by atoms with van der Waals surface area (Å²) in [6.45, 7) is 7.73. The van der Waals surface area contributed by atoms with Crippen LogP contribution < -0.4 is 5.32 Å². The van der Waals surface area contributed by atoms with Crippen molar-refractivity contribution in [2.45, 2.75) is 58.7 Å². The van der Waals surface area contributed by atoms with Gasteiger partial charge in [0, 0.05) is 19.7 Å². The minimum absolute atomic E-state index is 0.449. The van der Waals surface area contributed by atoms with Gasteiger partial charge in [0.05, 0.1) is 22.5 Å².